The minimum Gasteiger partial charge on any atom is -0.383 e. The zero-order chi connectivity index (χ0) is 32.1. The summed E-state index contributed by atoms with van der Waals surface area (Å²) in [5.41, 5.74) is 2.34. The highest BCUT2D eigenvalue weighted by atomic mass is 35.5. The van der Waals surface area contributed by atoms with Crippen LogP contribution in [-0.4, -0.2) is 47.7 Å². The Bertz CT molecular complexity index is 1920. The van der Waals surface area contributed by atoms with Crippen LogP contribution in [0.3, 0.4) is 0 Å². The van der Waals surface area contributed by atoms with Crippen LogP contribution in [-0.2, 0) is 5.54 Å². The van der Waals surface area contributed by atoms with Crippen molar-refractivity contribution in [2.75, 3.05) is 17.2 Å². The van der Waals surface area contributed by atoms with Gasteiger partial charge in [0.2, 0.25) is 0 Å². The highest BCUT2D eigenvalue weighted by Crippen LogP contribution is 2.55. The van der Waals surface area contributed by atoms with Crippen LogP contribution in [0.1, 0.15) is 62.0 Å². The maximum Gasteiger partial charge on any atom is 0.413 e. The summed E-state index contributed by atoms with van der Waals surface area (Å²) in [6.45, 7) is 8.69. The predicted octanol–water partition coefficient (Wildman–Crippen LogP) is 6.95. The van der Waals surface area contributed by atoms with E-state index in [0.29, 0.717) is 45.1 Å². The third kappa shape index (κ3) is 5.66. The fourth-order valence-electron chi connectivity index (χ4n) is 5.34. The molecule has 2 aromatic carbocycles. The number of nitrogens with zero attached hydrogens (tertiary/aromatic N) is 8. The summed E-state index contributed by atoms with van der Waals surface area (Å²) < 4.78 is 42.9. The predicted molar refractivity (Wildman–Crippen MR) is 164 cm³/mol. The average Bonchev–Trinajstić information content (AvgIpc) is 3.38. The number of alkyl halides is 3. The molecule has 0 radical (unpaired) electrons. The molecule has 14 heteroatoms. The number of benzene rings is 2. The molecule has 232 valence electrons. The number of hydrogen-bond donors (Lipinski definition) is 2. The fourth-order valence-corrected chi connectivity index (χ4v) is 5.61. The summed E-state index contributed by atoms with van der Waals surface area (Å²) in [4.78, 5) is 5.91. The number of anilines is 2. The number of aromatic nitrogens is 7. The van der Waals surface area contributed by atoms with Gasteiger partial charge < -0.3 is 10.6 Å². The Morgan fingerprint density at radius 1 is 1.13 bits per heavy atom. The lowest BCUT2D eigenvalue weighted by molar-refractivity contribution is -0.182. The van der Waals surface area contributed by atoms with Gasteiger partial charge in [0.25, 0.3) is 0 Å². The smallest absolute Gasteiger partial charge is 0.383 e. The Kier molecular flexibility index (Phi) is 7.43. The molecule has 0 aliphatic heterocycles. The molecular weight excluding hydrogens is 605 g/mol. The molecule has 1 saturated carbocycles. The first-order chi connectivity index (χ1) is 21.3. The Balaban J connectivity index is 1.48. The molecule has 1 atom stereocenters. The quantitative estimate of drug-likeness (QED) is 0.188. The van der Waals surface area contributed by atoms with Crippen molar-refractivity contribution in [2.24, 2.45) is 5.41 Å². The van der Waals surface area contributed by atoms with Gasteiger partial charge >= 0.3 is 6.18 Å². The van der Waals surface area contributed by atoms with E-state index in [0.717, 1.165) is 15.8 Å². The van der Waals surface area contributed by atoms with Crippen LogP contribution in [0.25, 0.3) is 16.6 Å². The third-order valence-corrected chi connectivity index (χ3v) is 8.23. The lowest BCUT2D eigenvalue weighted by Crippen LogP contribution is -2.35. The summed E-state index contributed by atoms with van der Waals surface area (Å²) in [6.07, 6.45) is 1.38. The molecule has 3 heterocycles. The first-order valence-corrected chi connectivity index (χ1v) is 14.7. The standard InChI is InChI=1S/C31H30ClF3N10/c1-18-21(6-5-7-25(18)45-39-10-11-40-45)28(24-16-44(43-42-24)30(8-9-30)31(33,34)35)41-20-12-22-26(38-17-29(2,3)4)19(14-36)15-37-27(22)23(32)13-20/h5-7,10-13,15-16,28,41H,8-9,17H2,1-4H3,(H,37,38). The van der Waals surface area contributed by atoms with E-state index in [2.05, 4.69) is 63.0 Å². The molecule has 1 fully saturated rings. The summed E-state index contributed by atoms with van der Waals surface area (Å²) in [5.74, 6) is 0. The summed E-state index contributed by atoms with van der Waals surface area (Å²) >= 11 is 6.75. The molecular formula is C31H30ClF3N10. The van der Waals surface area contributed by atoms with E-state index in [1.807, 2.05) is 31.2 Å². The number of hydrogen-bond acceptors (Lipinski definition) is 8. The zero-order valence-corrected chi connectivity index (χ0v) is 25.7. The molecule has 2 N–H and O–H groups in total. The van der Waals surface area contributed by atoms with Gasteiger partial charge in [-0.15, -0.1) is 5.10 Å². The van der Waals surface area contributed by atoms with Crippen molar-refractivity contribution in [3.8, 4) is 11.8 Å². The number of nitriles is 1. The van der Waals surface area contributed by atoms with Crippen molar-refractivity contribution in [3.05, 3.63) is 82.5 Å². The lowest BCUT2D eigenvalue weighted by atomic mass is 9.96. The van der Waals surface area contributed by atoms with E-state index >= 15 is 0 Å². The first-order valence-electron chi connectivity index (χ1n) is 14.3. The van der Waals surface area contributed by atoms with Crippen LogP contribution >= 0.6 is 11.6 Å². The van der Waals surface area contributed by atoms with Crippen LogP contribution in [0.4, 0.5) is 24.5 Å². The molecule has 5 aromatic rings. The van der Waals surface area contributed by atoms with E-state index < -0.39 is 17.8 Å². The second kappa shape index (κ2) is 11.0. The van der Waals surface area contributed by atoms with Gasteiger partial charge in [-0.1, -0.05) is 49.7 Å². The van der Waals surface area contributed by atoms with Gasteiger partial charge in [0, 0.05) is 23.8 Å². The van der Waals surface area contributed by atoms with Crippen LogP contribution in [0.2, 0.25) is 5.02 Å². The van der Waals surface area contributed by atoms with E-state index in [1.54, 1.807) is 18.5 Å². The number of rotatable bonds is 8. The van der Waals surface area contributed by atoms with Crippen LogP contribution in [0.15, 0.2) is 55.1 Å². The maximum absolute atomic E-state index is 14.0. The molecule has 0 spiro atoms. The van der Waals surface area contributed by atoms with Gasteiger partial charge in [-0.05, 0) is 54.5 Å². The molecule has 3 aromatic heterocycles. The van der Waals surface area contributed by atoms with Crippen molar-refractivity contribution < 1.29 is 13.2 Å². The van der Waals surface area contributed by atoms with Crippen molar-refractivity contribution in [1.29, 1.82) is 5.26 Å². The van der Waals surface area contributed by atoms with Crippen molar-refractivity contribution >= 4 is 33.9 Å². The molecule has 10 nitrogen and oxygen atoms in total. The van der Waals surface area contributed by atoms with E-state index in [1.165, 1.54) is 17.2 Å². The van der Waals surface area contributed by atoms with Gasteiger partial charge in [-0.2, -0.15) is 33.4 Å². The minimum atomic E-state index is -4.46. The van der Waals surface area contributed by atoms with Gasteiger partial charge in [-0.25, -0.2) is 4.68 Å². The third-order valence-electron chi connectivity index (χ3n) is 7.94. The van der Waals surface area contributed by atoms with Crippen LogP contribution < -0.4 is 10.6 Å². The normalized spacial score (nSPS) is 15.1. The summed E-state index contributed by atoms with van der Waals surface area (Å²) in [7, 11) is 0. The van der Waals surface area contributed by atoms with Crippen LogP contribution in [0, 0.1) is 23.7 Å². The minimum absolute atomic E-state index is 0.0598. The average molecular weight is 635 g/mol. The molecule has 45 heavy (non-hydrogen) atoms. The molecule has 1 unspecified atom stereocenters. The summed E-state index contributed by atoms with van der Waals surface area (Å²) in [6, 6.07) is 10.5. The van der Waals surface area contributed by atoms with Gasteiger partial charge in [-0.3, -0.25) is 4.98 Å². The zero-order valence-electron chi connectivity index (χ0n) is 25.0. The Hall–Kier alpha value is -4.70. The van der Waals surface area contributed by atoms with E-state index in [-0.39, 0.29) is 24.0 Å². The number of nitrogens with one attached hydrogen (secondary N) is 2. The monoisotopic (exact) mass is 634 g/mol. The molecule has 1 aliphatic carbocycles. The second-order valence-corrected chi connectivity index (χ2v) is 12.8. The van der Waals surface area contributed by atoms with Gasteiger partial charge in [0.1, 0.15) is 11.8 Å². The van der Waals surface area contributed by atoms with Gasteiger partial charge in [0.15, 0.2) is 5.54 Å². The fraction of sp³-hybridized carbons (Fsp3) is 0.355. The Morgan fingerprint density at radius 2 is 1.87 bits per heavy atom. The highest BCUT2D eigenvalue weighted by Gasteiger charge is 2.66. The number of pyridine rings is 1. The van der Waals surface area contributed by atoms with Gasteiger partial charge in [0.05, 0.1) is 52.1 Å². The summed E-state index contributed by atoms with van der Waals surface area (Å²) in [5, 5.41) is 34.4. The van der Waals surface area contributed by atoms with Crippen molar-refractivity contribution in [2.45, 2.75) is 58.3 Å². The van der Waals surface area contributed by atoms with Crippen molar-refractivity contribution in [3.63, 3.8) is 0 Å². The van der Waals surface area contributed by atoms with Crippen LogP contribution in [0.5, 0.6) is 0 Å². The SMILES string of the molecule is Cc1c(C(Nc2cc(Cl)c3ncc(C#N)c(NCC(C)(C)C)c3c2)c2cn(C3(C(F)(F)F)CC3)nn2)cccc1-n1nccn1. The van der Waals surface area contributed by atoms with E-state index in [9.17, 15) is 18.4 Å². The topological polar surface area (TPSA) is 122 Å². The molecule has 0 bridgehead atoms. The lowest BCUT2D eigenvalue weighted by Gasteiger charge is -2.23. The van der Waals surface area contributed by atoms with E-state index in [4.69, 9.17) is 11.6 Å². The molecule has 0 saturated heterocycles. The second-order valence-electron chi connectivity index (χ2n) is 12.4. The molecule has 0 amide bonds. The number of halogens is 4. The highest BCUT2D eigenvalue weighted by molar-refractivity contribution is 6.35. The maximum atomic E-state index is 14.0. The Morgan fingerprint density at radius 3 is 2.51 bits per heavy atom. The molecule has 6 rings (SSSR count). The molecule has 1 aliphatic rings. The first kappa shape index (κ1) is 30.3. The number of fused-ring (bicyclic) bond motifs is 1. The van der Waals surface area contributed by atoms with Crippen molar-refractivity contribution in [1.82, 2.24) is 35.0 Å². The Labute approximate surface area is 262 Å². The largest absolute Gasteiger partial charge is 0.413 e.